The normalized spacial score (nSPS) is 20.5. The first-order chi connectivity index (χ1) is 9.93. The van der Waals surface area contributed by atoms with Gasteiger partial charge < -0.3 is 10.1 Å². The number of alkyl halides is 3. The quantitative estimate of drug-likeness (QED) is 0.861. The molecule has 0 amide bonds. The molecular formula is C15H19ClF3NO. The van der Waals surface area contributed by atoms with Crippen LogP contribution < -0.4 is 10.1 Å². The van der Waals surface area contributed by atoms with E-state index in [1.807, 2.05) is 6.92 Å². The molecule has 1 saturated heterocycles. The molecule has 2 nitrogen and oxygen atoms in total. The van der Waals surface area contributed by atoms with Gasteiger partial charge in [0.25, 0.3) is 0 Å². The highest BCUT2D eigenvalue weighted by Crippen LogP contribution is 2.41. The summed E-state index contributed by atoms with van der Waals surface area (Å²) in [5.74, 6) is 0.0744. The van der Waals surface area contributed by atoms with Crippen molar-refractivity contribution in [1.82, 2.24) is 5.32 Å². The molecule has 1 fully saturated rings. The van der Waals surface area contributed by atoms with Gasteiger partial charge in [0.2, 0.25) is 0 Å². The van der Waals surface area contributed by atoms with Gasteiger partial charge in [-0.2, -0.15) is 13.2 Å². The maximum absolute atomic E-state index is 13.1. The maximum Gasteiger partial charge on any atom is 0.421 e. The van der Waals surface area contributed by atoms with Crippen LogP contribution in [0.5, 0.6) is 5.75 Å². The third-order valence-electron chi connectivity index (χ3n) is 3.73. The van der Waals surface area contributed by atoms with Gasteiger partial charge >= 0.3 is 6.18 Å². The number of hydrogen-bond donors (Lipinski definition) is 1. The van der Waals surface area contributed by atoms with E-state index >= 15 is 0 Å². The standard InChI is InChI=1S/C15H19ClF3NO/c1-2-4-12(10-7-8-20-9-10)21-13-6-3-5-11(16)14(13)15(17,18)19/h3,5-6,10,12,20H,2,4,7-9H2,1H3/t10?,12-/m0/s1. The second-order valence-corrected chi connectivity index (χ2v) is 5.72. The summed E-state index contributed by atoms with van der Waals surface area (Å²) in [7, 11) is 0. The molecule has 0 spiro atoms. The van der Waals surface area contributed by atoms with Crippen LogP contribution in [0.25, 0.3) is 0 Å². The van der Waals surface area contributed by atoms with Crippen LogP contribution in [0.2, 0.25) is 5.02 Å². The first kappa shape index (κ1) is 16.4. The van der Waals surface area contributed by atoms with Crippen molar-refractivity contribution in [2.45, 2.75) is 38.5 Å². The highest BCUT2D eigenvalue weighted by molar-refractivity contribution is 6.31. The first-order valence-corrected chi connectivity index (χ1v) is 7.54. The smallest absolute Gasteiger partial charge is 0.421 e. The third-order valence-corrected chi connectivity index (χ3v) is 4.05. The summed E-state index contributed by atoms with van der Waals surface area (Å²) in [5.41, 5.74) is -0.876. The van der Waals surface area contributed by atoms with E-state index in [2.05, 4.69) is 5.32 Å². The molecule has 2 rings (SSSR count). The molecule has 118 valence electrons. The van der Waals surface area contributed by atoms with Crippen molar-refractivity contribution in [2.24, 2.45) is 5.92 Å². The predicted octanol–water partition coefficient (Wildman–Crippen LogP) is 4.52. The highest BCUT2D eigenvalue weighted by atomic mass is 35.5. The Morgan fingerprint density at radius 2 is 2.19 bits per heavy atom. The van der Waals surface area contributed by atoms with Gasteiger partial charge in [-0.1, -0.05) is 31.0 Å². The Labute approximate surface area is 127 Å². The molecule has 1 aliphatic heterocycles. The molecule has 21 heavy (non-hydrogen) atoms. The minimum atomic E-state index is -4.52. The van der Waals surface area contributed by atoms with E-state index in [1.165, 1.54) is 18.2 Å². The molecule has 6 heteroatoms. The summed E-state index contributed by atoms with van der Waals surface area (Å²) in [4.78, 5) is 0. The van der Waals surface area contributed by atoms with Gasteiger partial charge in [0, 0.05) is 12.5 Å². The van der Waals surface area contributed by atoms with E-state index in [4.69, 9.17) is 16.3 Å². The van der Waals surface area contributed by atoms with Crippen LogP contribution in [0, 0.1) is 5.92 Å². The lowest BCUT2D eigenvalue weighted by molar-refractivity contribution is -0.139. The first-order valence-electron chi connectivity index (χ1n) is 7.16. The topological polar surface area (TPSA) is 21.3 Å². The van der Waals surface area contributed by atoms with Crippen molar-refractivity contribution in [2.75, 3.05) is 13.1 Å². The van der Waals surface area contributed by atoms with Crippen molar-refractivity contribution in [3.8, 4) is 5.75 Å². The fourth-order valence-electron chi connectivity index (χ4n) is 2.71. The molecule has 1 heterocycles. The van der Waals surface area contributed by atoms with Crippen molar-refractivity contribution in [3.05, 3.63) is 28.8 Å². The van der Waals surface area contributed by atoms with E-state index in [0.717, 1.165) is 32.4 Å². The van der Waals surface area contributed by atoms with Crippen molar-refractivity contribution < 1.29 is 17.9 Å². The molecule has 2 atom stereocenters. The SMILES string of the molecule is CCC[C@H](Oc1cccc(Cl)c1C(F)(F)F)C1CCNC1. The molecule has 0 radical (unpaired) electrons. The average Bonchev–Trinajstić information content (AvgIpc) is 2.90. The Balaban J connectivity index is 2.26. The number of nitrogens with one attached hydrogen (secondary N) is 1. The van der Waals surface area contributed by atoms with Crippen LogP contribution in [0.4, 0.5) is 13.2 Å². The molecule has 1 aliphatic rings. The van der Waals surface area contributed by atoms with Gasteiger partial charge in [-0.3, -0.25) is 0 Å². The van der Waals surface area contributed by atoms with Crippen LogP contribution in [-0.2, 0) is 6.18 Å². The Morgan fingerprint density at radius 1 is 1.43 bits per heavy atom. The number of ether oxygens (including phenoxy) is 1. The number of benzene rings is 1. The van der Waals surface area contributed by atoms with Gasteiger partial charge in [0.15, 0.2) is 0 Å². The molecule has 0 saturated carbocycles. The second-order valence-electron chi connectivity index (χ2n) is 5.31. The molecule has 0 aliphatic carbocycles. The van der Waals surface area contributed by atoms with Crippen LogP contribution in [0.3, 0.4) is 0 Å². The second kappa shape index (κ2) is 6.88. The maximum atomic E-state index is 13.1. The van der Waals surface area contributed by atoms with Gasteiger partial charge in [-0.15, -0.1) is 0 Å². The van der Waals surface area contributed by atoms with E-state index in [-0.39, 0.29) is 22.8 Å². The summed E-state index contributed by atoms with van der Waals surface area (Å²) < 4.78 is 45.2. The number of hydrogen-bond acceptors (Lipinski definition) is 2. The molecular weight excluding hydrogens is 303 g/mol. The third kappa shape index (κ3) is 4.04. The van der Waals surface area contributed by atoms with Crippen LogP contribution in [0.1, 0.15) is 31.7 Å². The molecule has 1 N–H and O–H groups in total. The monoisotopic (exact) mass is 321 g/mol. The Hall–Kier alpha value is -0.940. The number of rotatable bonds is 5. The van der Waals surface area contributed by atoms with E-state index in [0.29, 0.717) is 0 Å². The number of halogens is 4. The van der Waals surface area contributed by atoms with Gasteiger partial charge in [-0.25, -0.2) is 0 Å². The van der Waals surface area contributed by atoms with Crippen LogP contribution >= 0.6 is 11.6 Å². The van der Waals surface area contributed by atoms with E-state index < -0.39 is 11.7 Å². The van der Waals surface area contributed by atoms with Crippen LogP contribution in [0.15, 0.2) is 18.2 Å². The Morgan fingerprint density at radius 3 is 2.76 bits per heavy atom. The summed E-state index contributed by atoms with van der Waals surface area (Å²) in [6.07, 6.45) is -2.21. The van der Waals surface area contributed by atoms with Gasteiger partial charge in [0.1, 0.15) is 17.4 Å². The predicted molar refractivity (Wildman–Crippen MR) is 76.8 cm³/mol. The Kier molecular flexibility index (Phi) is 5.38. The summed E-state index contributed by atoms with van der Waals surface area (Å²) in [5, 5.41) is 2.91. The minimum absolute atomic E-state index is 0.166. The molecule has 0 bridgehead atoms. The lowest BCUT2D eigenvalue weighted by Crippen LogP contribution is -2.29. The largest absolute Gasteiger partial charge is 0.489 e. The molecule has 0 aromatic heterocycles. The van der Waals surface area contributed by atoms with Crippen molar-refractivity contribution in [3.63, 3.8) is 0 Å². The minimum Gasteiger partial charge on any atom is -0.489 e. The lowest BCUT2D eigenvalue weighted by atomic mass is 9.97. The zero-order chi connectivity index (χ0) is 15.5. The van der Waals surface area contributed by atoms with Gasteiger partial charge in [-0.05, 0) is 31.5 Å². The lowest BCUT2D eigenvalue weighted by Gasteiger charge is -2.26. The van der Waals surface area contributed by atoms with Crippen molar-refractivity contribution in [1.29, 1.82) is 0 Å². The molecule has 1 unspecified atom stereocenters. The zero-order valence-electron chi connectivity index (χ0n) is 11.8. The summed E-state index contributed by atoms with van der Waals surface area (Å²) in [6.45, 7) is 3.67. The Bertz CT molecular complexity index is 472. The molecule has 1 aromatic carbocycles. The average molecular weight is 322 g/mol. The fourth-order valence-corrected chi connectivity index (χ4v) is 2.98. The van der Waals surface area contributed by atoms with Gasteiger partial charge in [0.05, 0.1) is 5.02 Å². The fraction of sp³-hybridized carbons (Fsp3) is 0.600. The summed E-state index contributed by atoms with van der Waals surface area (Å²) in [6, 6.07) is 4.08. The van der Waals surface area contributed by atoms with Crippen LogP contribution in [-0.4, -0.2) is 19.2 Å². The van der Waals surface area contributed by atoms with E-state index in [1.54, 1.807) is 0 Å². The van der Waals surface area contributed by atoms with Crippen molar-refractivity contribution >= 4 is 11.6 Å². The zero-order valence-corrected chi connectivity index (χ0v) is 12.6. The highest BCUT2D eigenvalue weighted by Gasteiger charge is 2.38. The molecule has 1 aromatic rings. The van der Waals surface area contributed by atoms with E-state index in [9.17, 15) is 13.2 Å². The summed E-state index contributed by atoms with van der Waals surface area (Å²) >= 11 is 5.72.